The zero-order valence-electron chi connectivity index (χ0n) is 9.24. The molecule has 1 aromatic carbocycles. The number of nitrogens with zero attached hydrogens (tertiary/aromatic N) is 3. The number of nitrogens with two attached hydrogens (primary N) is 1. The van der Waals surface area contributed by atoms with Crippen molar-refractivity contribution in [1.29, 1.82) is 0 Å². The summed E-state index contributed by atoms with van der Waals surface area (Å²) in [5, 5.41) is 4.33. The summed E-state index contributed by atoms with van der Waals surface area (Å²) in [5.74, 6) is 1.51. The average Bonchev–Trinajstić information content (AvgIpc) is 2.63. The Morgan fingerprint density at radius 1 is 1.38 bits per heavy atom. The predicted molar refractivity (Wildman–Crippen MR) is 66.4 cm³/mol. The molecule has 0 fully saturated rings. The third-order valence-corrected chi connectivity index (χ3v) is 3.22. The number of aromatic nitrogens is 3. The quantitative estimate of drug-likeness (QED) is 0.917. The monoisotopic (exact) mass is 280 g/mol. The van der Waals surface area contributed by atoms with Crippen LogP contribution in [0.4, 0.5) is 0 Å². The van der Waals surface area contributed by atoms with Crippen LogP contribution in [0.3, 0.4) is 0 Å². The summed E-state index contributed by atoms with van der Waals surface area (Å²) in [6, 6.07) is 6.06. The van der Waals surface area contributed by atoms with Crippen LogP contribution in [-0.4, -0.2) is 14.8 Å². The second-order valence-electron chi connectivity index (χ2n) is 3.62. The molecule has 0 aliphatic carbocycles. The molecule has 0 amide bonds. The predicted octanol–water partition coefficient (Wildman–Crippen LogP) is 2.11. The zero-order valence-corrected chi connectivity index (χ0v) is 10.8. The SMILES string of the molecule is Cc1nc(CN)n(-c2ccc(C)c(Br)c2)n1. The van der Waals surface area contributed by atoms with Crippen molar-refractivity contribution in [3.8, 4) is 5.69 Å². The van der Waals surface area contributed by atoms with Gasteiger partial charge >= 0.3 is 0 Å². The van der Waals surface area contributed by atoms with Gasteiger partial charge in [-0.2, -0.15) is 5.10 Å². The van der Waals surface area contributed by atoms with E-state index in [9.17, 15) is 0 Å². The van der Waals surface area contributed by atoms with Crippen molar-refractivity contribution in [2.24, 2.45) is 5.73 Å². The Morgan fingerprint density at radius 2 is 2.12 bits per heavy atom. The van der Waals surface area contributed by atoms with Crippen molar-refractivity contribution in [3.63, 3.8) is 0 Å². The number of halogens is 1. The van der Waals surface area contributed by atoms with E-state index in [1.807, 2.05) is 32.0 Å². The first-order valence-corrected chi connectivity index (χ1v) is 5.80. The van der Waals surface area contributed by atoms with Crippen LogP contribution in [0.1, 0.15) is 17.2 Å². The molecule has 0 atom stereocenters. The van der Waals surface area contributed by atoms with Gasteiger partial charge < -0.3 is 5.73 Å². The van der Waals surface area contributed by atoms with E-state index in [0.29, 0.717) is 6.54 Å². The summed E-state index contributed by atoms with van der Waals surface area (Å²) < 4.78 is 2.83. The standard InChI is InChI=1S/C11H13BrN4/c1-7-3-4-9(5-10(7)12)16-11(6-13)14-8(2)15-16/h3-5H,6,13H2,1-2H3. The number of hydrogen-bond acceptors (Lipinski definition) is 3. The van der Waals surface area contributed by atoms with Crippen LogP contribution in [0.2, 0.25) is 0 Å². The molecule has 5 heteroatoms. The van der Waals surface area contributed by atoms with Gasteiger partial charge in [0.2, 0.25) is 0 Å². The number of hydrogen-bond donors (Lipinski definition) is 1. The molecule has 16 heavy (non-hydrogen) atoms. The van der Waals surface area contributed by atoms with Crippen LogP contribution in [0.15, 0.2) is 22.7 Å². The van der Waals surface area contributed by atoms with Gasteiger partial charge in [-0.3, -0.25) is 0 Å². The van der Waals surface area contributed by atoms with Crippen molar-refractivity contribution in [2.45, 2.75) is 20.4 Å². The van der Waals surface area contributed by atoms with Crippen LogP contribution in [-0.2, 0) is 6.54 Å². The molecule has 84 valence electrons. The maximum Gasteiger partial charge on any atom is 0.148 e. The van der Waals surface area contributed by atoms with Crippen molar-refractivity contribution < 1.29 is 0 Å². The third kappa shape index (κ3) is 2.01. The van der Waals surface area contributed by atoms with E-state index in [4.69, 9.17) is 5.73 Å². The Labute approximate surface area is 103 Å². The smallest absolute Gasteiger partial charge is 0.148 e. The summed E-state index contributed by atoms with van der Waals surface area (Å²) in [6.07, 6.45) is 0. The highest BCUT2D eigenvalue weighted by Crippen LogP contribution is 2.20. The molecule has 1 heterocycles. The van der Waals surface area contributed by atoms with Gasteiger partial charge in [0.15, 0.2) is 0 Å². The van der Waals surface area contributed by atoms with Gasteiger partial charge in [-0.1, -0.05) is 22.0 Å². The summed E-state index contributed by atoms with van der Waals surface area (Å²) in [5.41, 5.74) is 7.79. The highest BCUT2D eigenvalue weighted by atomic mass is 79.9. The molecule has 2 rings (SSSR count). The summed E-state index contributed by atoms with van der Waals surface area (Å²) >= 11 is 3.50. The van der Waals surface area contributed by atoms with Crippen molar-refractivity contribution in [1.82, 2.24) is 14.8 Å². The molecule has 0 bridgehead atoms. The minimum absolute atomic E-state index is 0.381. The lowest BCUT2D eigenvalue weighted by Gasteiger charge is -2.06. The fourth-order valence-electron chi connectivity index (χ4n) is 1.51. The van der Waals surface area contributed by atoms with E-state index in [1.165, 1.54) is 5.56 Å². The van der Waals surface area contributed by atoms with Gasteiger partial charge in [0.05, 0.1) is 12.2 Å². The largest absolute Gasteiger partial charge is 0.324 e. The van der Waals surface area contributed by atoms with Gasteiger partial charge in [-0.25, -0.2) is 9.67 Å². The zero-order chi connectivity index (χ0) is 11.7. The average molecular weight is 281 g/mol. The van der Waals surface area contributed by atoms with Gasteiger partial charge in [0.25, 0.3) is 0 Å². The van der Waals surface area contributed by atoms with Gasteiger partial charge in [-0.05, 0) is 31.5 Å². The highest BCUT2D eigenvalue weighted by Gasteiger charge is 2.08. The summed E-state index contributed by atoms with van der Waals surface area (Å²) in [6.45, 7) is 4.29. The molecule has 0 aliphatic rings. The van der Waals surface area contributed by atoms with Gasteiger partial charge in [0.1, 0.15) is 11.6 Å². The Kier molecular flexibility index (Phi) is 3.07. The molecule has 0 aliphatic heterocycles. The molecule has 0 spiro atoms. The fraction of sp³-hybridized carbons (Fsp3) is 0.273. The Hall–Kier alpha value is -1.20. The molecule has 2 N–H and O–H groups in total. The van der Waals surface area contributed by atoms with E-state index >= 15 is 0 Å². The number of rotatable bonds is 2. The lowest BCUT2D eigenvalue weighted by Crippen LogP contribution is -2.08. The van der Waals surface area contributed by atoms with Gasteiger partial charge in [0, 0.05) is 4.47 Å². The first-order valence-electron chi connectivity index (χ1n) is 5.01. The number of benzene rings is 1. The second-order valence-corrected chi connectivity index (χ2v) is 4.48. The molecular formula is C11H13BrN4. The molecule has 2 aromatic rings. The second kappa shape index (κ2) is 4.35. The first-order chi connectivity index (χ1) is 7.61. The van der Waals surface area contributed by atoms with Crippen LogP contribution < -0.4 is 5.73 Å². The normalized spacial score (nSPS) is 10.8. The van der Waals surface area contributed by atoms with E-state index in [2.05, 4.69) is 26.0 Å². The minimum atomic E-state index is 0.381. The molecule has 1 aromatic heterocycles. The molecule has 0 saturated carbocycles. The molecule has 0 saturated heterocycles. The highest BCUT2D eigenvalue weighted by molar-refractivity contribution is 9.10. The fourth-order valence-corrected chi connectivity index (χ4v) is 1.88. The maximum atomic E-state index is 5.63. The van der Waals surface area contributed by atoms with Gasteiger partial charge in [-0.15, -0.1) is 0 Å². The summed E-state index contributed by atoms with van der Waals surface area (Å²) in [7, 11) is 0. The Bertz CT molecular complexity index is 519. The number of aryl methyl sites for hydroxylation is 2. The minimum Gasteiger partial charge on any atom is -0.324 e. The summed E-state index contributed by atoms with van der Waals surface area (Å²) in [4.78, 5) is 4.27. The van der Waals surface area contributed by atoms with Crippen LogP contribution in [0, 0.1) is 13.8 Å². The topological polar surface area (TPSA) is 56.7 Å². The molecule has 4 nitrogen and oxygen atoms in total. The third-order valence-electron chi connectivity index (χ3n) is 2.36. The van der Waals surface area contributed by atoms with Crippen LogP contribution >= 0.6 is 15.9 Å². The lowest BCUT2D eigenvalue weighted by atomic mass is 10.2. The molecular weight excluding hydrogens is 268 g/mol. The Morgan fingerprint density at radius 3 is 2.75 bits per heavy atom. The Balaban J connectivity index is 2.53. The van der Waals surface area contributed by atoms with Crippen molar-refractivity contribution in [2.75, 3.05) is 0 Å². The van der Waals surface area contributed by atoms with E-state index in [1.54, 1.807) is 4.68 Å². The van der Waals surface area contributed by atoms with Crippen LogP contribution in [0.25, 0.3) is 5.69 Å². The van der Waals surface area contributed by atoms with Crippen molar-refractivity contribution in [3.05, 3.63) is 39.9 Å². The lowest BCUT2D eigenvalue weighted by molar-refractivity contribution is 0.785. The van der Waals surface area contributed by atoms with Crippen LogP contribution in [0.5, 0.6) is 0 Å². The van der Waals surface area contributed by atoms with E-state index < -0.39 is 0 Å². The van der Waals surface area contributed by atoms with E-state index in [0.717, 1.165) is 21.8 Å². The molecule has 0 radical (unpaired) electrons. The molecule has 0 unspecified atom stereocenters. The van der Waals surface area contributed by atoms with E-state index in [-0.39, 0.29) is 0 Å². The first kappa shape index (κ1) is 11.3. The maximum absolute atomic E-state index is 5.63. The van der Waals surface area contributed by atoms with Crippen molar-refractivity contribution >= 4 is 15.9 Å².